The molecule has 0 saturated carbocycles. The Morgan fingerprint density at radius 3 is 2.48 bits per heavy atom. The molecule has 0 aliphatic carbocycles. The van der Waals surface area contributed by atoms with Crippen molar-refractivity contribution in [2.45, 2.75) is 18.6 Å². The largest absolute Gasteiger partial charge is 0.392 e. The van der Waals surface area contributed by atoms with E-state index in [9.17, 15) is 9.90 Å². The van der Waals surface area contributed by atoms with Gasteiger partial charge < -0.3 is 15.3 Å². The maximum absolute atomic E-state index is 12.9. The third-order valence-electron chi connectivity index (χ3n) is 4.74. The second-order valence-electron chi connectivity index (χ2n) is 6.63. The maximum atomic E-state index is 12.9. The van der Waals surface area contributed by atoms with Crippen LogP contribution in [-0.2, 0) is 4.79 Å². The third kappa shape index (κ3) is 4.40. The zero-order valence-electron chi connectivity index (χ0n) is 14.2. The van der Waals surface area contributed by atoms with Gasteiger partial charge in [-0.25, -0.2) is 0 Å². The molecule has 1 fully saturated rings. The lowest BCUT2D eigenvalue weighted by Gasteiger charge is -2.34. The molecule has 0 radical (unpaired) electrons. The van der Waals surface area contributed by atoms with Gasteiger partial charge in [0.1, 0.15) is 0 Å². The highest BCUT2D eigenvalue weighted by molar-refractivity contribution is 6.30. The number of aliphatic hydroxyl groups is 1. The molecule has 0 aromatic heterocycles. The molecule has 25 heavy (non-hydrogen) atoms. The van der Waals surface area contributed by atoms with Crippen LogP contribution in [0, 0.1) is 5.92 Å². The van der Waals surface area contributed by atoms with E-state index in [4.69, 9.17) is 11.6 Å². The first-order chi connectivity index (χ1) is 12.0. The van der Waals surface area contributed by atoms with Crippen molar-refractivity contribution >= 4 is 17.5 Å². The Kier molecular flexibility index (Phi) is 5.74. The summed E-state index contributed by atoms with van der Waals surface area (Å²) in [5, 5.41) is 14.0. The van der Waals surface area contributed by atoms with Crippen LogP contribution in [0.4, 0.5) is 0 Å². The van der Waals surface area contributed by atoms with Crippen molar-refractivity contribution in [3.8, 4) is 0 Å². The zero-order valence-corrected chi connectivity index (χ0v) is 15.0. The van der Waals surface area contributed by atoms with Gasteiger partial charge >= 0.3 is 0 Å². The molecule has 132 valence electrons. The van der Waals surface area contributed by atoms with Crippen LogP contribution in [0.3, 0.4) is 0 Å². The van der Waals surface area contributed by atoms with Crippen molar-refractivity contribution in [3.05, 3.63) is 70.7 Å². The quantitative estimate of drug-likeness (QED) is 0.883. The van der Waals surface area contributed by atoms with Gasteiger partial charge in [0, 0.05) is 18.1 Å². The molecule has 3 atom stereocenters. The molecule has 1 aliphatic heterocycles. The second-order valence-corrected chi connectivity index (χ2v) is 7.07. The number of hydrogen-bond donors (Lipinski definition) is 2. The van der Waals surface area contributed by atoms with Gasteiger partial charge in [0.15, 0.2) is 0 Å². The first kappa shape index (κ1) is 17.9. The van der Waals surface area contributed by atoms with Crippen molar-refractivity contribution in [3.63, 3.8) is 0 Å². The molecule has 0 bridgehead atoms. The molecule has 4 nitrogen and oxygen atoms in total. The molecular formula is C20H23ClN2O2. The standard InChI is InChI=1S/C20H23ClN2O2/c1-23-12-11-18(24)17(13-23)20(25)22-19(14-5-3-2-4-6-14)15-7-9-16(21)10-8-15/h2-10,17-19,24H,11-13H2,1H3,(H,22,25)/t17-,18-,19-/m1/s1. The fourth-order valence-electron chi connectivity index (χ4n) is 3.27. The Labute approximate surface area is 153 Å². The SMILES string of the molecule is CN1CC[C@@H](O)[C@H](C(=O)N[C@H](c2ccccc2)c2ccc(Cl)cc2)C1. The predicted octanol–water partition coefficient (Wildman–Crippen LogP) is 2.86. The van der Waals surface area contributed by atoms with Crippen molar-refractivity contribution in [2.75, 3.05) is 20.1 Å². The molecule has 2 aromatic carbocycles. The second kappa shape index (κ2) is 8.00. The normalized spacial score (nSPS) is 22.4. The lowest BCUT2D eigenvalue weighted by Crippen LogP contribution is -2.49. The number of hydrogen-bond acceptors (Lipinski definition) is 3. The van der Waals surface area contributed by atoms with E-state index in [0.29, 0.717) is 18.0 Å². The highest BCUT2D eigenvalue weighted by atomic mass is 35.5. The van der Waals surface area contributed by atoms with Gasteiger partial charge in [-0.2, -0.15) is 0 Å². The van der Waals surface area contributed by atoms with Crippen LogP contribution in [0.2, 0.25) is 5.02 Å². The Bertz CT molecular complexity index is 705. The van der Waals surface area contributed by atoms with E-state index in [1.807, 2.05) is 61.6 Å². The zero-order chi connectivity index (χ0) is 17.8. The Morgan fingerprint density at radius 2 is 1.80 bits per heavy atom. The van der Waals surface area contributed by atoms with Gasteiger partial charge in [0.25, 0.3) is 0 Å². The van der Waals surface area contributed by atoms with Crippen LogP contribution in [0.15, 0.2) is 54.6 Å². The molecule has 1 amide bonds. The number of aliphatic hydroxyl groups excluding tert-OH is 1. The molecule has 3 rings (SSSR count). The van der Waals surface area contributed by atoms with Crippen LogP contribution in [-0.4, -0.2) is 42.2 Å². The Balaban J connectivity index is 1.85. The highest BCUT2D eigenvalue weighted by Crippen LogP contribution is 2.25. The van der Waals surface area contributed by atoms with Crippen molar-refractivity contribution in [1.29, 1.82) is 0 Å². The van der Waals surface area contributed by atoms with Crippen molar-refractivity contribution in [2.24, 2.45) is 5.92 Å². The van der Waals surface area contributed by atoms with Gasteiger partial charge in [0.2, 0.25) is 5.91 Å². The smallest absolute Gasteiger partial charge is 0.227 e. The summed E-state index contributed by atoms with van der Waals surface area (Å²) >= 11 is 6.00. The van der Waals surface area contributed by atoms with Gasteiger partial charge in [-0.3, -0.25) is 4.79 Å². The minimum Gasteiger partial charge on any atom is -0.392 e. The lowest BCUT2D eigenvalue weighted by molar-refractivity contribution is -0.131. The highest BCUT2D eigenvalue weighted by Gasteiger charge is 2.33. The predicted molar refractivity (Wildman–Crippen MR) is 99.5 cm³/mol. The van der Waals surface area contributed by atoms with Crippen LogP contribution in [0.25, 0.3) is 0 Å². The molecule has 0 spiro atoms. The van der Waals surface area contributed by atoms with Gasteiger partial charge in [-0.15, -0.1) is 0 Å². The van der Waals surface area contributed by atoms with E-state index in [0.717, 1.165) is 17.7 Å². The summed E-state index contributed by atoms with van der Waals surface area (Å²) in [5.41, 5.74) is 1.96. The van der Waals surface area contributed by atoms with Crippen LogP contribution >= 0.6 is 11.6 Å². The van der Waals surface area contributed by atoms with Crippen LogP contribution < -0.4 is 5.32 Å². The molecular weight excluding hydrogens is 336 g/mol. The average Bonchev–Trinajstić information content (AvgIpc) is 2.63. The van der Waals surface area contributed by atoms with Gasteiger partial charge in [-0.05, 0) is 36.7 Å². The van der Waals surface area contributed by atoms with E-state index in [1.54, 1.807) is 0 Å². The van der Waals surface area contributed by atoms with Gasteiger partial charge in [0.05, 0.1) is 18.1 Å². The van der Waals surface area contributed by atoms with E-state index < -0.39 is 12.0 Å². The molecule has 5 heteroatoms. The first-order valence-electron chi connectivity index (χ1n) is 8.52. The van der Waals surface area contributed by atoms with E-state index in [1.165, 1.54) is 0 Å². The summed E-state index contributed by atoms with van der Waals surface area (Å²) in [6.07, 6.45) is 0.0174. The summed E-state index contributed by atoms with van der Waals surface area (Å²) in [6.45, 7) is 1.37. The number of rotatable bonds is 4. The van der Waals surface area contributed by atoms with Crippen LogP contribution in [0.5, 0.6) is 0 Å². The number of likely N-dealkylation sites (tertiary alicyclic amines) is 1. The fourth-order valence-corrected chi connectivity index (χ4v) is 3.40. The number of halogens is 1. The van der Waals surface area contributed by atoms with Crippen molar-refractivity contribution in [1.82, 2.24) is 10.2 Å². The summed E-state index contributed by atoms with van der Waals surface area (Å²) in [5.74, 6) is -0.542. The monoisotopic (exact) mass is 358 g/mol. The number of benzene rings is 2. The van der Waals surface area contributed by atoms with E-state index in [2.05, 4.69) is 10.2 Å². The Morgan fingerprint density at radius 1 is 1.16 bits per heavy atom. The molecule has 2 aromatic rings. The summed E-state index contributed by atoms with van der Waals surface area (Å²) in [7, 11) is 1.97. The molecule has 2 N–H and O–H groups in total. The number of carbonyl (C=O) groups is 1. The molecule has 1 heterocycles. The minimum atomic E-state index is -0.599. The molecule has 1 saturated heterocycles. The third-order valence-corrected chi connectivity index (χ3v) is 4.99. The average molecular weight is 359 g/mol. The number of nitrogens with zero attached hydrogens (tertiary/aromatic N) is 1. The number of nitrogens with one attached hydrogen (secondary N) is 1. The maximum Gasteiger partial charge on any atom is 0.227 e. The summed E-state index contributed by atoms with van der Waals surface area (Å²) < 4.78 is 0. The Hall–Kier alpha value is -1.88. The fraction of sp³-hybridized carbons (Fsp3) is 0.350. The topological polar surface area (TPSA) is 52.6 Å². The number of carbonyl (C=O) groups excluding carboxylic acids is 1. The minimum absolute atomic E-state index is 0.122. The van der Waals surface area contributed by atoms with Gasteiger partial charge in [-0.1, -0.05) is 54.1 Å². The number of piperidine rings is 1. The molecule has 0 unspecified atom stereocenters. The lowest BCUT2D eigenvalue weighted by atomic mass is 9.92. The molecule has 1 aliphatic rings. The summed E-state index contributed by atoms with van der Waals surface area (Å²) in [6, 6.07) is 17.0. The number of amides is 1. The van der Waals surface area contributed by atoms with Crippen molar-refractivity contribution < 1.29 is 9.90 Å². The van der Waals surface area contributed by atoms with Crippen LogP contribution in [0.1, 0.15) is 23.6 Å². The first-order valence-corrected chi connectivity index (χ1v) is 8.90. The van der Waals surface area contributed by atoms with E-state index in [-0.39, 0.29) is 11.9 Å². The van der Waals surface area contributed by atoms with E-state index >= 15 is 0 Å². The summed E-state index contributed by atoms with van der Waals surface area (Å²) in [4.78, 5) is 14.9.